The second-order valence-electron chi connectivity index (χ2n) is 8.19. The van der Waals surface area contributed by atoms with Gasteiger partial charge < -0.3 is 10.6 Å². The zero-order valence-electron chi connectivity index (χ0n) is 19.2. The number of rotatable bonds is 7. The molecule has 180 valence electrons. The average molecular weight is 476 g/mol. The fraction of sp³-hybridized carbons (Fsp3) is 0.240. The third kappa shape index (κ3) is 4.63. The van der Waals surface area contributed by atoms with Gasteiger partial charge in [-0.25, -0.2) is 4.79 Å². The zero-order chi connectivity index (χ0) is 25.1. The van der Waals surface area contributed by atoms with E-state index in [2.05, 4.69) is 4.98 Å². The molecule has 3 amide bonds. The molecule has 1 aliphatic heterocycles. The molecule has 2 heterocycles. The van der Waals surface area contributed by atoms with Gasteiger partial charge in [-0.3, -0.25) is 33.6 Å². The van der Waals surface area contributed by atoms with E-state index in [1.165, 1.54) is 33.7 Å². The number of anilines is 3. The highest BCUT2D eigenvalue weighted by Gasteiger charge is 2.31. The molecule has 1 saturated heterocycles. The van der Waals surface area contributed by atoms with Crippen LogP contribution in [0.15, 0.2) is 64.2 Å². The maximum absolute atomic E-state index is 13.4. The first-order chi connectivity index (χ1) is 16.8. The predicted molar refractivity (Wildman–Crippen MR) is 131 cm³/mol. The first-order valence-corrected chi connectivity index (χ1v) is 11.3. The summed E-state index contributed by atoms with van der Waals surface area (Å²) in [6.45, 7) is 2.15. The van der Waals surface area contributed by atoms with Crippen LogP contribution in [0, 0.1) is 0 Å². The number of hydrogen-bond acceptors (Lipinski definition) is 6. The summed E-state index contributed by atoms with van der Waals surface area (Å²) < 4.78 is 1.22. The van der Waals surface area contributed by atoms with Gasteiger partial charge in [0, 0.05) is 24.9 Å². The van der Waals surface area contributed by atoms with E-state index >= 15 is 0 Å². The Morgan fingerprint density at radius 2 is 1.60 bits per heavy atom. The first-order valence-electron chi connectivity index (χ1n) is 11.3. The quantitative estimate of drug-likeness (QED) is 0.500. The van der Waals surface area contributed by atoms with Gasteiger partial charge in [0.2, 0.25) is 11.8 Å². The third-order valence-corrected chi connectivity index (χ3v) is 5.78. The van der Waals surface area contributed by atoms with Crippen molar-refractivity contribution in [2.24, 2.45) is 0 Å². The molecule has 1 aromatic heterocycles. The molecule has 0 bridgehead atoms. The number of carbonyl (C=O) groups excluding carboxylic acids is 3. The van der Waals surface area contributed by atoms with E-state index in [1.54, 1.807) is 0 Å². The van der Waals surface area contributed by atoms with Gasteiger partial charge in [-0.15, -0.1) is 0 Å². The summed E-state index contributed by atoms with van der Waals surface area (Å²) in [5, 5.41) is 0. The first kappa shape index (κ1) is 23.7. The lowest BCUT2D eigenvalue weighted by atomic mass is 10.1. The van der Waals surface area contributed by atoms with Crippen LogP contribution in [0.5, 0.6) is 0 Å². The molecule has 4 rings (SSSR count). The van der Waals surface area contributed by atoms with E-state index in [9.17, 15) is 24.0 Å². The van der Waals surface area contributed by atoms with E-state index in [1.807, 2.05) is 37.3 Å². The summed E-state index contributed by atoms with van der Waals surface area (Å²) in [5.74, 6) is -1.20. The van der Waals surface area contributed by atoms with Crippen LogP contribution >= 0.6 is 0 Å². The van der Waals surface area contributed by atoms with Crippen LogP contribution in [-0.4, -0.2) is 33.8 Å². The molecule has 0 aliphatic carbocycles. The fourth-order valence-electron chi connectivity index (χ4n) is 4.07. The maximum Gasteiger partial charge on any atom is 0.330 e. The van der Waals surface area contributed by atoms with Crippen LogP contribution < -0.4 is 26.8 Å². The van der Waals surface area contributed by atoms with Gasteiger partial charge in [-0.2, -0.15) is 0 Å². The molecule has 3 N–H and O–H groups in total. The lowest BCUT2D eigenvalue weighted by Gasteiger charge is -2.24. The summed E-state index contributed by atoms with van der Waals surface area (Å²) >= 11 is 0. The number of hydrogen-bond donors (Lipinski definition) is 2. The SMILES string of the molecule is CCCN(C(=O)c1ccc(N2C(=O)CCC2=O)cc1)c1c(N)n(Cc2ccccc2)c(=O)[nH]c1=O. The van der Waals surface area contributed by atoms with Gasteiger partial charge >= 0.3 is 5.69 Å². The lowest BCUT2D eigenvalue weighted by molar-refractivity contribution is -0.121. The fourth-order valence-corrected chi connectivity index (χ4v) is 4.07. The van der Waals surface area contributed by atoms with Crippen molar-refractivity contribution in [3.63, 3.8) is 0 Å². The average Bonchev–Trinajstić information content (AvgIpc) is 3.19. The molecular formula is C25H25N5O5. The summed E-state index contributed by atoms with van der Waals surface area (Å²) in [6, 6.07) is 15.1. The number of aromatic nitrogens is 2. The summed E-state index contributed by atoms with van der Waals surface area (Å²) in [6.07, 6.45) is 0.840. The van der Waals surface area contributed by atoms with Crippen molar-refractivity contribution in [2.75, 3.05) is 22.1 Å². The molecule has 0 spiro atoms. The molecule has 10 heteroatoms. The van der Waals surface area contributed by atoms with E-state index < -0.39 is 17.2 Å². The number of imide groups is 1. The molecule has 0 unspecified atom stereocenters. The molecule has 0 atom stereocenters. The summed E-state index contributed by atoms with van der Waals surface area (Å²) in [4.78, 5) is 67.4. The van der Waals surface area contributed by atoms with E-state index in [-0.39, 0.29) is 54.8 Å². The number of carbonyl (C=O) groups is 3. The minimum atomic E-state index is -0.761. The van der Waals surface area contributed by atoms with Crippen molar-refractivity contribution < 1.29 is 14.4 Å². The van der Waals surface area contributed by atoms with Gasteiger partial charge in [0.05, 0.1) is 12.2 Å². The summed E-state index contributed by atoms with van der Waals surface area (Å²) in [7, 11) is 0. The van der Waals surface area contributed by atoms with Gasteiger partial charge in [0.25, 0.3) is 11.5 Å². The molecular weight excluding hydrogens is 450 g/mol. The number of amides is 3. The van der Waals surface area contributed by atoms with Crippen molar-refractivity contribution in [3.05, 3.63) is 86.6 Å². The van der Waals surface area contributed by atoms with Crippen LogP contribution in [0.1, 0.15) is 42.1 Å². The molecule has 2 aromatic carbocycles. The van der Waals surface area contributed by atoms with E-state index in [0.29, 0.717) is 12.1 Å². The van der Waals surface area contributed by atoms with Crippen LogP contribution in [0.25, 0.3) is 0 Å². The van der Waals surface area contributed by atoms with Gasteiger partial charge in [0.15, 0.2) is 5.69 Å². The normalized spacial score (nSPS) is 13.3. The molecule has 1 aliphatic rings. The van der Waals surface area contributed by atoms with Crippen molar-refractivity contribution in [1.29, 1.82) is 0 Å². The number of nitrogens with two attached hydrogens (primary N) is 1. The van der Waals surface area contributed by atoms with E-state index in [4.69, 9.17) is 5.73 Å². The van der Waals surface area contributed by atoms with Crippen LogP contribution in [0.4, 0.5) is 17.2 Å². The monoisotopic (exact) mass is 475 g/mol. The number of benzene rings is 2. The topological polar surface area (TPSA) is 139 Å². The Hall–Kier alpha value is -4.47. The minimum absolute atomic E-state index is 0.110. The van der Waals surface area contributed by atoms with E-state index in [0.717, 1.165) is 10.5 Å². The van der Waals surface area contributed by atoms with Crippen molar-refractivity contribution in [3.8, 4) is 0 Å². The number of aromatic amines is 1. The molecule has 3 aromatic rings. The standard InChI is InChI=1S/C25H25N5O5/c1-2-14-28(24(34)17-8-10-18(11-9-17)30-19(31)12-13-20(30)32)21-22(26)29(25(35)27-23(21)33)15-16-6-4-3-5-7-16/h3-11H,2,12-15,26H2,1H3,(H,27,33,35). The highest BCUT2D eigenvalue weighted by molar-refractivity contribution is 6.20. The lowest BCUT2D eigenvalue weighted by Crippen LogP contribution is -2.41. The number of nitrogen functional groups attached to an aromatic ring is 1. The zero-order valence-corrected chi connectivity index (χ0v) is 19.2. The van der Waals surface area contributed by atoms with Crippen LogP contribution in [-0.2, 0) is 16.1 Å². The Balaban J connectivity index is 1.70. The van der Waals surface area contributed by atoms with Crippen molar-refractivity contribution in [1.82, 2.24) is 9.55 Å². The molecule has 35 heavy (non-hydrogen) atoms. The largest absolute Gasteiger partial charge is 0.383 e. The molecule has 1 fully saturated rings. The smallest absolute Gasteiger partial charge is 0.330 e. The molecule has 0 saturated carbocycles. The van der Waals surface area contributed by atoms with Gasteiger partial charge in [-0.05, 0) is 36.2 Å². The summed E-state index contributed by atoms with van der Waals surface area (Å²) in [5.41, 5.74) is 6.16. The van der Waals surface area contributed by atoms with Gasteiger partial charge in [0.1, 0.15) is 5.82 Å². The minimum Gasteiger partial charge on any atom is -0.383 e. The Bertz CT molecular complexity index is 1380. The van der Waals surface area contributed by atoms with Crippen LogP contribution in [0.3, 0.4) is 0 Å². The predicted octanol–water partition coefficient (Wildman–Crippen LogP) is 1.88. The maximum atomic E-state index is 13.4. The molecule has 0 radical (unpaired) electrons. The second kappa shape index (κ2) is 9.80. The molecule has 10 nitrogen and oxygen atoms in total. The van der Waals surface area contributed by atoms with Gasteiger partial charge in [-0.1, -0.05) is 37.3 Å². The highest BCUT2D eigenvalue weighted by Crippen LogP contribution is 2.25. The number of nitrogens with zero attached hydrogens (tertiary/aromatic N) is 3. The highest BCUT2D eigenvalue weighted by atomic mass is 16.2. The number of H-pyrrole nitrogens is 1. The third-order valence-electron chi connectivity index (χ3n) is 5.78. The van der Waals surface area contributed by atoms with Crippen LogP contribution in [0.2, 0.25) is 0 Å². The Morgan fingerprint density at radius 3 is 2.20 bits per heavy atom. The second-order valence-corrected chi connectivity index (χ2v) is 8.19. The van der Waals surface area contributed by atoms with Crippen molar-refractivity contribution in [2.45, 2.75) is 32.7 Å². The number of nitrogens with one attached hydrogen (secondary N) is 1. The van der Waals surface area contributed by atoms with Crippen molar-refractivity contribution >= 4 is 34.9 Å². The Labute approximate surface area is 200 Å². The Morgan fingerprint density at radius 1 is 0.971 bits per heavy atom. The Kier molecular flexibility index (Phi) is 6.63.